The second kappa shape index (κ2) is 8.62. The molecule has 8 bridgehead atoms. The zero-order chi connectivity index (χ0) is 28.8. The lowest BCUT2D eigenvalue weighted by atomic mass is 10.2. The first-order valence-electron chi connectivity index (χ1n) is 14.3. The van der Waals surface area contributed by atoms with Crippen molar-refractivity contribution in [3.63, 3.8) is 0 Å². The predicted octanol–water partition coefficient (Wildman–Crippen LogP) is 5.76. The summed E-state index contributed by atoms with van der Waals surface area (Å²) in [6.45, 7) is 0. The van der Waals surface area contributed by atoms with Crippen LogP contribution in [0.3, 0.4) is 0 Å². The average molecular weight is 559 g/mol. The average Bonchev–Trinajstić information content (AvgIpc) is 3.69. The zero-order valence-corrected chi connectivity index (χ0v) is 23.9. The Kier molecular flexibility index (Phi) is 4.79. The summed E-state index contributed by atoms with van der Waals surface area (Å²) < 4.78 is 6.26. The summed E-state index contributed by atoms with van der Waals surface area (Å²) in [6.07, 6.45) is 0. The van der Waals surface area contributed by atoms with Crippen LogP contribution in [0.1, 0.15) is 0 Å². The van der Waals surface area contributed by atoms with Gasteiger partial charge in [0.05, 0.1) is 0 Å². The van der Waals surface area contributed by atoms with Crippen LogP contribution in [0.15, 0.2) is 117 Å². The normalized spacial score (nSPS) is 16.0. The fourth-order valence-electron chi connectivity index (χ4n) is 6.55. The van der Waals surface area contributed by atoms with Gasteiger partial charge in [-0.15, -0.1) is 0 Å². The quantitative estimate of drug-likeness (QED) is 0.246. The number of hydrogen-bond donors (Lipinski definition) is 1. The number of H-pyrrole nitrogens is 1. The van der Waals surface area contributed by atoms with Gasteiger partial charge in [0.15, 0.2) is 0 Å². The van der Waals surface area contributed by atoms with Crippen LogP contribution in [0.4, 0.5) is 23.3 Å². The minimum absolute atomic E-state index is 0.759. The molecule has 0 saturated heterocycles. The molecule has 1 N–H and O–H groups in total. The Bertz CT molecular complexity index is 2530. The summed E-state index contributed by atoms with van der Waals surface area (Å²) in [4.78, 5) is 24.8. The Balaban J connectivity index is 1.57. The molecule has 1 aliphatic heterocycles. The number of rotatable bonds is 0. The van der Waals surface area contributed by atoms with E-state index in [1.165, 1.54) is 0 Å². The SMILES string of the molecule is Cn1c2c3ccccc3c1/N=c1/c3ccccc3/c(n1C)=N/c1c3ccccc3c(n1C)/N=c1\[nH]/c(c3ccccc13)=N\2. The number of aromatic amines is 1. The first kappa shape index (κ1) is 23.9. The molecule has 0 spiro atoms. The molecule has 8 heteroatoms. The van der Waals surface area contributed by atoms with Crippen molar-refractivity contribution in [2.75, 3.05) is 0 Å². The topological polar surface area (TPSA) is 80.0 Å². The number of hydrogen-bond acceptors (Lipinski definition) is 4. The third-order valence-corrected chi connectivity index (χ3v) is 8.67. The molecule has 8 aromatic rings. The monoisotopic (exact) mass is 558 g/mol. The molecule has 0 amide bonds. The highest BCUT2D eigenvalue weighted by Gasteiger charge is 2.18. The van der Waals surface area contributed by atoms with E-state index < -0.39 is 0 Å². The molecular formula is C35H26N8. The van der Waals surface area contributed by atoms with Gasteiger partial charge in [-0.1, -0.05) is 97.1 Å². The third kappa shape index (κ3) is 3.26. The van der Waals surface area contributed by atoms with E-state index >= 15 is 0 Å². The van der Waals surface area contributed by atoms with Crippen molar-refractivity contribution in [2.24, 2.45) is 41.1 Å². The van der Waals surface area contributed by atoms with Crippen LogP contribution in [0.2, 0.25) is 0 Å². The summed E-state index contributed by atoms with van der Waals surface area (Å²) in [5.41, 5.74) is 3.20. The Labute approximate surface area is 244 Å². The molecule has 0 aliphatic carbocycles. The van der Waals surface area contributed by atoms with Crippen molar-refractivity contribution in [1.29, 1.82) is 0 Å². The van der Waals surface area contributed by atoms with Crippen LogP contribution in [-0.4, -0.2) is 18.7 Å². The molecule has 0 atom stereocenters. The smallest absolute Gasteiger partial charge is 0.144 e. The van der Waals surface area contributed by atoms with Gasteiger partial charge in [0.1, 0.15) is 45.2 Å². The van der Waals surface area contributed by atoms with E-state index in [9.17, 15) is 0 Å². The lowest BCUT2D eigenvalue weighted by molar-refractivity contribution is 0.799. The lowest BCUT2D eigenvalue weighted by Crippen LogP contribution is -2.23. The number of nitrogens with zero attached hydrogens (tertiary/aromatic N) is 7. The van der Waals surface area contributed by atoms with Crippen LogP contribution in [-0.2, 0) is 21.1 Å². The molecule has 9 rings (SSSR count). The summed E-state index contributed by atoms with van der Waals surface area (Å²) >= 11 is 0. The Hall–Kier alpha value is -5.76. The Morgan fingerprint density at radius 2 is 0.674 bits per heavy atom. The minimum Gasteiger partial charge on any atom is -0.324 e. The van der Waals surface area contributed by atoms with Crippen molar-refractivity contribution in [3.8, 4) is 0 Å². The lowest BCUT2D eigenvalue weighted by Gasteiger charge is -2.02. The highest BCUT2D eigenvalue weighted by Crippen LogP contribution is 2.38. The largest absolute Gasteiger partial charge is 0.324 e. The first-order chi connectivity index (χ1) is 21.1. The molecular weight excluding hydrogens is 532 g/mol. The minimum atomic E-state index is 0.759. The first-order valence-corrected chi connectivity index (χ1v) is 14.3. The summed E-state index contributed by atoms with van der Waals surface area (Å²) in [6, 6.07) is 33.3. The van der Waals surface area contributed by atoms with Gasteiger partial charge in [-0.3, -0.25) is 0 Å². The van der Waals surface area contributed by atoms with Crippen LogP contribution < -0.4 is 22.0 Å². The number of fused-ring (bicyclic) bond motifs is 20. The van der Waals surface area contributed by atoms with Gasteiger partial charge < -0.3 is 18.7 Å². The highest BCUT2D eigenvalue weighted by atomic mass is 15.2. The van der Waals surface area contributed by atoms with E-state index in [2.05, 4.69) is 91.5 Å². The molecule has 0 fully saturated rings. The van der Waals surface area contributed by atoms with Gasteiger partial charge >= 0.3 is 0 Å². The molecule has 0 radical (unpaired) electrons. The standard InChI is InChI=1S/C35H26N8/c1-41-30-22-14-6-8-16-24(22)32(41)39-34-26-18-10-11-19-27(26)35(43(34)3)40-33-25-17-9-7-15-23(25)31(42(33)2)38-29-21-13-5-4-12-20(21)28(36-29)37-30/h4-19H,1-3H3,(H,36,37,38). The summed E-state index contributed by atoms with van der Waals surface area (Å²) in [5, 5.41) is 8.24. The van der Waals surface area contributed by atoms with E-state index in [0.29, 0.717) is 0 Å². The van der Waals surface area contributed by atoms with Crippen molar-refractivity contribution < 1.29 is 0 Å². The number of benzene rings is 4. The van der Waals surface area contributed by atoms with E-state index in [0.717, 1.165) is 88.3 Å². The molecule has 1 aliphatic rings. The van der Waals surface area contributed by atoms with Crippen LogP contribution in [0, 0.1) is 0 Å². The van der Waals surface area contributed by atoms with Gasteiger partial charge in [-0.2, -0.15) is 0 Å². The van der Waals surface area contributed by atoms with Crippen molar-refractivity contribution in [3.05, 3.63) is 119 Å². The van der Waals surface area contributed by atoms with E-state index in [1.54, 1.807) is 0 Å². The third-order valence-electron chi connectivity index (χ3n) is 8.67. The molecule has 0 saturated carbocycles. The number of nitrogens with one attached hydrogen (secondary N) is 1. The summed E-state index contributed by atoms with van der Waals surface area (Å²) in [5.74, 6) is 3.34. The van der Waals surface area contributed by atoms with Gasteiger partial charge in [0.2, 0.25) is 0 Å². The highest BCUT2D eigenvalue weighted by molar-refractivity contribution is 6.01. The molecule has 43 heavy (non-hydrogen) atoms. The van der Waals surface area contributed by atoms with Gasteiger partial charge in [-0.25, -0.2) is 20.0 Å². The van der Waals surface area contributed by atoms with E-state index in [1.807, 2.05) is 45.4 Å². The van der Waals surface area contributed by atoms with Crippen molar-refractivity contribution in [2.45, 2.75) is 0 Å². The maximum absolute atomic E-state index is 5.34. The van der Waals surface area contributed by atoms with E-state index in [4.69, 9.17) is 20.0 Å². The van der Waals surface area contributed by atoms with Gasteiger partial charge in [0, 0.05) is 64.2 Å². The van der Waals surface area contributed by atoms with Gasteiger partial charge in [-0.05, 0) is 0 Å². The maximum atomic E-state index is 5.34. The molecule has 4 aromatic carbocycles. The number of aromatic nitrogens is 4. The molecule has 5 heterocycles. The zero-order valence-electron chi connectivity index (χ0n) is 23.9. The molecule has 0 unspecified atom stereocenters. The molecule has 206 valence electrons. The van der Waals surface area contributed by atoms with Crippen molar-refractivity contribution >= 4 is 66.4 Å². The Morgan fingerprint density at radius 3 is 1.05 bits per heavy atom. The van der Waals surface area contributed by atoms with Crippen LogP contribution >= 0.6 is 0 Å². The predicted molar refractivity (Wildman–Crippen MR) is 170 cm³/mol. The van der Waals surface area contributed by atoms with Gasteiger partial charge in [0.25, 0.3) is 0 Å². The Morgan fingerprint density at radius 1 is 0.372 bits per heavy atom. The second-order valence-electron chi connectivity index (χ2n) is 11.1. The van der Waals surface area contributed by atoms with E-state index in [-0.39, 0.29) is 0 Å². The fraction of sp³-hybridized carbons (Fsp3) is 0.0857. The second-order valence-corrected chi connectivity index (χ2v) is 11.1. The van der Waals surface area contributed by atoms with Crippen molar-refractivity contribution in [1.82, 2.24) is 18.7 Å². The van der Waals surface area contributed by atoms with Crippen LogP contribution in [0.25, 0.3) is 43.1 Å². The maximum Gasteiger partial charge on any atom is 0.144 e. The molecule has 4 aromatic heterocycles. The van der Waals surface area contributed by atoms with Crippen LogP contribution in [0.5, 0.6) is 0 Å². The molecule has 8 nitrogen and oxygen atoms in total. The summed E-state index contributed by atoms with van der Waals surface area (Å²) in [7, 11) is 6.11. The fourth-order valence-corrected chi connectivity index (χ4v) is 6.55.